The van der Waals surface area contributed by atoms with Gasteiger partial charge in [-0.3, -0.25) is 4.79 Å². The number of aromatic carboxylic acids is 1. The molecule has 0 aromatic carbocycles. The van der Waals surface area contributed by atoms with Gasteiger partial charge < -0.3 is 5.11 Å². The van der Waals surface area contributed by atoms with Crippen LogP contribution in [0, 0.1) is 5.92 Å². The second-order valence-corrected chi connectivity index (χ2v) is 4.82. The third-order valence-electron chi connectivity index (χ3n) is 2.35. The molecule has 1 rings (SSSR count). The van der Waals surface area contributed by atoms with Crippen molar-refractivity contribution in [2.45, 2.75) is 40.2 Å². The maximum Gasteiger partial charge on any atom is 0.341 e. The molecule has 0 aliphatic heterocycles. The Bertz CT molecular complexity index is 475. The molecule has 5 heteroatoms. The number of carboxylic acid groups (broad SMARTS) is 1. The van der Waals surface area contributed by atoms with Gasteiger partial charge in [-0.05, 0) is 17.9 Å². The Morgan fingerprint density at radius 3 is 2.41 bits per heavy atom. The lowest BCUT2D eigenvalue weighted by Gasteiger charge is -2.12. The second-order valence-electron chi connectivity index (χ2n) is 4.82. The molecule has 5 nitrogen and oxygen atoms in total. The molecule has 0 aliphatic rings. The topological polar surface area (TPSA) is 72.2 Å². The molecule has 1 aromatic rings. The molecule has 0 radical (unpaired) electrons. The molecule has 0 unspecified atom stereocenters. The lowest BCUT2D eigenvalue weighted by Crippen LogP contribution is -2.31. The third-order valence-corrected chi connectivity index (χ3v) is 2.35. The Labute approximate surface area is 100 Å². The SMILES string of the molecule is CC(C)Cn1nc(C(C)C)cc(C(=O)O)c1=O. The van der Waals surface area contributed by atoms with E-state index >= 15 is 0 Å². The van der Waals surface area contributed by atoms with Crippen molar-refractivity contribution in [2.24, 2.45) is 5.92 Å². The molecule has 94 valence electrons. The Morgan fingerprint density at radius 2 is 2.00 bits per heavy atom. The first kappa shape index (κ1) is 13.4. The van der Waals surface area contributed by atoms with Crippen LogP contribution in [0.3, 0.4) is 0 Å². The smallest absolute Gasteiger partial charge is 0.341 e. The summed E-state index contributed by atoms with van der Waals surface area (Å²) in [5.41, 5.74) is -0.109. The summed E-state index contributed by atoms with van der Waals surface area (Å²) in [5.74, 6) is -0.867. The summed E-state index contributed by atoms with van der Waals surface area (Å²) < 4.78 is 1.25. The highest BCUT2D eigenvalue weighted by Gasteiger charge is 2.16. The van der Waals surface area contributed by atoms with Gasteiger partial charge in [0.15, 0.2) is 0 Å². The van der Waals surface area contributed by atoms with Crippen LogP contribution >= 0.6 is 0 Å². The van der Waals surface area contributed by atoms with Gasteiger partial charge in [-0.1, -0.05) is 27.7 Å². The van der Waals surface area contributed by atoms with Crippen molar-refractivity contribution in [2.75, 3.05) is 0 Å². The minimum absolute atomic E-state index is 0.0899. The lowest BCUT2D eigenvalue weighted by molar-refractivity contribution is 0.0693. The van der Waals surface area contributed by atoms with Gasteiger partial charge in [0, 0.05) is 6.54 Å². The van der Waals surface area contributed by atoms with Crippen LogP contribution in [0.2, 0.25) is 0 Å². The molecule has 0 bridgehead atoms. The third kappa shape index (κ3) is 3.15. The van der Waals surface area contributed by atoms with Crippen LogP contribution in [0.4, 0.5) is 0 Å². The van der Waals surface area contributed by atoms with Gasteiger partial charge in [0.2, 0.25) is 0 Å². The van der Waals surface area contributed by atoms with Crippen molar-refractivity contribution < 1.29 is 9.90 Å². The Morgan fingerprint density at radius 1 is 1.41 bits per heavy atom. The summed E-state index contributed by atoms with van der Waals surface area (Å²) in [6.07, 6.45) is 0. The van der Waals surface area contributed by atoms with E-state index < -0.39 is 11.5 Å². The summed E-state index contributed by atoms with van der Waals surface area (Å²) in [4.78, 5) is 22.8. The van der Waals surface area contributed by atoms with E-state index in [0.717, 1.165) is 0 Å². The fourth-order valence-electron chi connectivity index (χ4n) is 1.47. The van der Waals surface area contributed by atoms with Gasteiger partial charge in [-0.2, -0.15) is 5.10 Å². The summed E-state index contributed by atoms with van der Waals surface area (Å²) in [5, 5.41) is 13.2. The standard InChI is InChI=1S/C12H18N2O3/c1-7(2)6-14-11(15)9(12(16)17)5-10(13-14)8(3)4/h5,7-8H,6H2,1-4H3,(H,16,17). The highest BCUT2D eigenvalue weighted by Crippen LogP contribution is 2.11. The molecule has 1 aromatic heterocycles. The van der Waals surface area contributed by atoms with Gasteiger partial charge in [0.25, 0.3) is 5.56 Å². The van der Waals surface area contributed by atoms with E-state index in [0.29, 0.717) is 12.2 Å². The first-order valence-corrected chi connectivity index (χ1v) is 5.68. The zero-order chi connectivity index (χ0) is 13.2. The van der Waals surface area contributed by atoms with E-state index in [9.17, 15) is 9.59 Å². The van der Waals surface area contributed by atoms with E-state index in [2.05, 4.69) is 5.10 Å². The summed E-state index contributed by atoms with van der Waals surface area (Å²) in [6.45, 7) is 8.17. The van der Waals surface area contributed by atoms with Crippen molar-refractivity contribution in [3.8, 4) is 0 Å². The molecule has 1 heterocycles. The molecule has 0 spiro atoms. The van der Waals surface area contributed by atoms with E-state index in [1.165, 1.54) is 10.7 Å². The summed E-state index contributed by atoms with van der Waals surface area (Å²) >= 11 is 0. The monoisotopic (exact) mass is 238 g/mol. The summed E-state index contributed by atoms with van der Waals surface area (Å²) in [6, 6.07) is 1.37. The zero-order valence-electron chi connectivity index (χ0n) is 10.6. The van der Waals surface area contributed by atoms with Gasteiger partial charge in [0.05, 0.1) is 5.69 Å². The maximum atomic E-state index is 11.8. The highest BCUT2D eigenvalue weighted by atomic mass is 16.4. The molecule has 0 fully saturated rings. The normalized spacial score (nSPS) is 11.2. The maximum absolute atomic E-state index is 11.8. The number of aromatic nitrogens is 2. The number of carbonyl (C=O) groups is 1. The highest BCUT2D eigenvalue weighted by molar-refractivity contribution is 5.87. The average Bonchev–Trinajstić information content (AvgIpc) is 2.19. The first-order valence-electron chi connectivity index (χ1n) is 5.68. The number of carboxylic acids is 1. The molecule has 0 aliphatic carbocycles. The largest absolute Gasteiger partial charge is 0.477 e. The molecule has 17 heavy (non-hydrogen) atoms. The van der Waals surface area contributed by atoms with Crippen molar-refractivity contribution >= 4 is 5.97 Å². The predicted molar refractivity (Wildman–Crippen MR) is 64.4 cm³/mol. The van der Waals surface area contributed by atoms with Crippen molar-refractivity contribution in [1.82, 2.24) is 9.78 Å². The van der Waals surface area contributed by atoms with E-state index in [1.54, 1.807) is 0 Å². The molecule has 0 saturated heterocycles. The van der Waals surface area contributed by atoms with E-state index in [1.807, 2.05) is 27.7 Å². The van der Waals surface area contributed by atoms with Crippen molar-refractivity contribution in [3.05, 3.63) is 27.7 Å². The van der Waals surface area contributed by atoms with Crippen LogP contribution in [0.15, 0.2) is 10.9 Å². The van der Waals surface area contributed by atoms with Crippen LogP contribution in [0.5, 0.6) is 0 Å². The van der Waals surface area contributed by atoms with E-state index in [-0.39, 0.29) is 17.4 Å². The zero-order valence-corrected chi connectivity index (χ0v) is 10.6. The number of hydrogen-bond acceptors (Lipinski definition) is 3. The molecular formula is C12H18N2O3. The Kier molecular flexibility index (Phi) is 4.04. The Balaban J connectivity index is 3.38. The molecule has 0 amide bonds. The fourth-order valence-corrected chi connectivity index (χ4v) is 1.47. The minimum Gasteiger partial charge on any atom is -0.477 e. The quantitative estimate of drug-likeness (QED) is 0.866. The fraction of sp³-hybridized carbons (Fsp3) is 0.583. The lowest BCUT2D eigenvalue weighted by atomic mass is 10.1. The van der Waals surface area contributed by atoms with Gasteiger partial charge >= 0.3 is 5.97 Å². The van der Waals surface area contributed by atoms with Crippen LogP contribution in [-0.4, -0.2) is 20.9 Å². The number of nitrogens with zero attached hydrogens (tertiary/aromatic N) is 2. The number of hydrogen-bond donors (Lipinski definition) is 1. The van der Waals surface area contributed by atoms with Gasteiger partial charge in [-0.15, -0.1) is 0 Å². The van der Waals surface area contributed by atoms with Crippen molar-refractivity contribution in [3.63, 3.8) is 0 Å². The minimum atomic E-state index is -1.20. The molecule has 0 saturated carbocycles. The van der Waals surface area contributed by atoms with Crippen LogP contribution < -0.4 is 5.56 Å². The second kappa shape index (κ2) is 5.12. The Hall–Kier alpha value is -1.65. The average molecular weight is 238 g/mol. The first-order chi connectivity index (χ1) is 7.82. The van der Waals surface area contributed by atoms with Crippen molar-refractivity contribution in [1.29, 1.82) is 0 Å². The molecular weight excluding hydrogens is 220 g/mol. The molecule has 0 atom stereocenters. The van der Waals surface area contributed by atoms with Crippen LogP contribution in [0.25, 0.3) is 0 Å². The van der Waals surface area contributed by atoms with E-state index in [4.69, 9.17) is 5.11 Å². The van der Waals surface area contributed by atoms with Gasteiger partial charge in [0.1, 0.15) is 5.56 Å². The van der Waals surface area contributed by atoms with Gasteiger partial charge in [-0.25, -0.2) is 9.48 Å². The van der Waals surface area contributed by atoms with Crippen LogP contribution in [0.1, 0.15) is 49.7 Å². The summed E-state index contributed by atoms with van der Waals surface area (Å²) in [7, 11) is 0. The molecule has 1 N–H and O–H groups in total. The van der Waals surface area contributed by atoms with Crippen LogP contribution in [-0.2, 0) is 6.54 Å². The predicted octanol–water partition coefficient (Wildman–Crippen LogP) is 1.72. The number of rotatable bonds is 4.